The molecule has 0 aliphatic heterocycles. The number of nitrogens with zero attached hydrogens (tertiary/aromatic N) is 4. The highest BCUT2D eigenvalue weighted by molar-refractivity contribution is 7.98. The summed E-state index contributed by atoms with van der Waals surface area (Å²) in [5.74, 6) is 2.43. The fraction of sp³-hybridized carbons (Fsp3) is 0.111. The van der Waals surface area contributed by atoms with Gasteiger partial charge < -0.3 is 14.5 Å². The lowest BCUT2D eigenvalue weighted by Crippen LogP contribution is -2.22. The second-order valence-corrected chi connectivity index (χ2v) is 8.76. The first-order valence-electron chi connectivity index (χ1n) is 11.2. The highest BCUT2D eigenvalue weighted by Crippen LogP contribution is 2.33. The molecular weight excluding hydrogens is 474 g/mol. The Morgan fingerprint density at radius 1 is 0.972 bits per heavy atom. The molecule has 0 unspecified atom stereocenters. The van der Waals surface area contributed by atoms with Crippen molar-refractivity contribution in [2.45, 2.75) is 17.5 Å². The van der Waals surface area contributed by atoms with E-state index in [1.807, 2.05) is 77.4 Å². The zero-order valence-electron chi connectivity index (χ0n) is 19.5. The van der Waals surface area contributed by atoms with Gasteiger partial charge in [-0.2, -0.15) is 0 Å². The van der Waals surface area contributed by atoms with Gasteiger partial charge in [-0.05, 0) is 59.7 Å². The van der Waals surface area contributed by atoms with Gasteiger partial charge in [0.25, 0.3) is 5.91 Å². The second-order valence-electron chi connectivity index (χ2n) is 7.81. The molecule has 0 bridgehead atoms. The molecule has 0 atom stereocenters. The van der Waals surface area contributed by atoms with E-state index in [1.54, 1.807) is 25.8 Å². The number of ether oxygens (including phenoxy) is 1. The van der Waals surface area contributed by atoms with Crippen molar-refractivity contribution in [3.8, 4) is 23.0 Å². The molecule has 36 heavy (non-hydrogen) atoms. The Kier molecular flexibility index (Phi) is 7.09. The van der Waals surface area contributed by atoms with Crippen LogP contribution in [-0.4, -0.2) is 32.8 Å². The summed E-state index contributed by atoms with van der Waals surface area (Å²) < 4.78 is 13.1. The van der Waals surface area contributed by atoms with Crippen LogP contribution in [0.5, 0.6) is 5.75 Å². The molecule has 8 nitrogen and oxygen atoms in total. The van der Waals surface area contributed by atoms with Crippen molar-refractivity contribution in [3.63, 3.8) is 0 Å². The van der Waals surface area contributed by atoms with Gasteiger partial charge in [-0.25, -0.2) is 0 Å². The predicted octanol–water partition coefficient (Wildman–Crippen LogP) is 5.15. The number of rotatable bonds is 9. The molecule has 3 aromatic heterocycles. The molecular formula is C27H23N5O3S. The molecule has 0 saturated carbocycles. The molecule has 1 amide bonds. The summed E-state index contributed by atoms with van der Waals surface area (Å²) in [7, 11) is 1.64. The molecule has 0 aliphatic carbocycles. The molecule has 0 saturated heterocycles. The number of para-hydroxylation sites is 2. The van der Waals surface area contributed by atoms with Crippen LogP contribution in [-0.2, 0) is 12.3 Å². The molecule has 2 aromatic carbocycles. The van der Waals surface area contributed by atoms with Gasteiger partial charge in [-0.1, -0.05) is 36.0 Å². The number of carbonyl (C=O) groups is 1. The smallest absolute Gasteiger partial charge is 0.251 e. The maximum Gasteiger partial charge on any atom is 0.251 e. The van der Waals surface area contributed by atoms with Gasteiger partial charge in [0.05, 0.1) is 19.1 Å². The molecule has 1 N–H and O–H groups in total. The van der Waals surface area contributed by atoms with E-state index in [0.717, 1.165) is 16.8 Å². The summed E-state index contributed by atoms with van der Waals surface area (Å²) in [5, 5.41) is 12.5. The van der Waals surface area contributed by atoms with Crippen LogP contribution in [0.25, 0.3) is 17.3 Å². The summed E-state index contributed by atoms with van der Waals surface area (Å²) in [4.78, 5) is 16.5. The Bertz CT molecular complexity index is 1430. The van der Waals surface area contributed by atoms with Crippen LogP contribution in [0.1, 0.15) is 21.5 Å². The number of furan rings is 1. The van der Waals surface area contributed by atoms with Crippen molar-refractivity contribution < 1.29 is 13.9 Å². The monoisotopic (exact) mass is 497 g/mol. The molecule has 0 spiro atoms. The summed E-state index contributed by atoms with van der Waals surface area (Å²) in [5.41, 5.74) is 3.48. The molecule has 180 valence electrons. The maximum absolute atomic E-state index is 12.5. The number of nitrogens with one attached hydrogen (secondary N) is 1. The minimum Gasteiger partial charge on any atom is -0.495 e. The van der Waals surface area contributed by atoms with Gasteiger partial charge in [-0.3, -0.25) is 14.3 Å². The van der Waals surface area contributed by atoms with E-state index in [9.17, 15) is 4.79 Å². The highest BCUT2D eigenvalue weighted by atomic mass is 32.2. The third-order valence-electron chi connectivity index (χ3n) is 5.49. The molecule has 9 heteroatoms. The molecule has 0 radical (unpaired) electrons. The lowest BCUT2D eigenvalue weighted by molar-refractivity contribution is 0.0951. The van der Waals surface area contributed by atoms with Crippen molar-refractivity contribution in [1.29, 1.82) is 0 Å². The summed E-state index contributed by atoms with van der Waals surface area (Å²) in [6.07, 6.45) is 5.03. The first-order chi connectivity index (χ1) is 17.7. The quantitative estimate of drug-likeness (QED) is 0.281. The van der Waals surface area contributed by atoms with E-state index in [1.165, 1.54) is 11.8 Å². The fourth-order valence-corrected chi connectivity index (χ4v) is 4.55. The first-order valence-corrected chi connectivity index (χ1v) is 12.2. The average molecular weight is 498 g/mol. The first kappa shape index (κ1) is 23.4. The molecule has 5 rings (SSSR count). The zero-order chi connectivity index (χ0) is 24.7. The van der Waals surface area contributed by atoms with E-state index in [0.29, 0.717) is 40.4 Å². The number of thioether (sulfide) groups is 1. The van der Waals surface area contributed by atoms with Gasteiger partial charge in [0.1, 0.15) is 5.75 Å². The van der Waals surface area contributed by atoms with Crippen LogP contribution in [0, 0.1) is 0 Å². The third-order valence-corrected chi connectivity index (χ3v) is 6.49. The summed E-state index contributed by atoms with van der Waals surface area (Å²) in [6.45, 7) is 0.454. The van der Waals surface area contributed by atoms with Gasteiger partial charge in [0.15, 0.2) is 10.9 Å². The van der Waals surface area contributed by atoms with Crippen molar-refractivity contribution in [1.82, 2.24) is 25.1 Å². The number of hydrogen-bond donors (Lipinski definition) is 1. The molecule has 0 fully saturated rings. The van der Waals surface area contributed by atoms with Crippen LogP contribution in [0.2, 0.25) is 0 Å². The molecule has 0 aliphatic rings. The number of hydrogen-bond acceptors (Lipinski definition) is 7. The third kappa shape index (κ3) is 5.16. The van der Waals surface area contributed by atoms with Crippen LogP contribution < -0.4 is 10.1 Å². The lowest BCUT2D eigenvalue weighted by atomic mass is 10.1. The normalized spacial score (nSPS) is 10.8. The number of aromatic nitrogens is 4. The van der Waals surface area contributed by atoms with E-state index < -0.39 is 0 Å². The Labute approximate surface area is 212 Å². The van der Waals surface area contributed by atoms with Gasteiger partial charge in [-0.15, -0.1) is 10.2 Å². The van der Waals surface area contributed by atoms with Gasteiger partial charge in [0, 0.05) is 30.3 Å². The Morgan fingerprint density at radius 2 is 1.78 bits per heavy atom. The predicted molar refractivity (Wildman–Crippen MR) is 137 cm³/mol. The second kappa shape index (κ2) is 10.9. The molecule has 5 aromatic rings. The number of methoxy groups -OCH3 is 1. The van der Waals surface area contributed by atoms with Crippen LogP contribution in [0.4, 0.5) is 0 Å². The van der Waals surface area contributed by atoms with Crippen molar-refractivity contribution in [3.05, 3.63) is 108 Å². The Hall–Kier alpha value is -4.37. The lowest BCUT2D eigenvalue weighted by Gasteiger charge is -2.13. The Morgan fingerprint density at radius 3 is 2.53 bits per heavy atom. The average Bonchev–Trinajstić information content (AvgIpc) is 3.61. The topological polar surface area (TPSA) is 95.1 Å². The highest BCUT2D eigenvalue weighted by Gasteiger charge is 2.20. The van der Waals surface area contributed by atoms with Crippen LogP contribution in [0.3, 0.4) is 0 Å². The van der Waals surface area contributed by atoms with E-state index in [-0.39, 0.29) is 5.91 Å². The van der Waals surface area contributed by atoms with Gasteiger partial charge >= 0.3 is 0 Å². The van der Waals surface area contributed by atoms with Crippen molar-refractivity contribution in [2.75, 3.05) is 7.11 Å². The van der Waals surface area contributed by atoms with Crippen molar-refractivity contribution >= 4 is 17.7 Å². The molecule has 3 heterocycles. The van der Waals surface area contributed by atoms with Crippen LogP contribution >= 0.6 is 11.8 Å². The van der Waals surface area contributed by atoms with Crippen LogP contribution in [0.15, 0.2) is 101 Å². The zero-order valence-corrected chi connectivity index (χ0v) is 20.3. The SMILES string of the molecule is COc1ccccc1-n1c(SCc2ccc(C(=O)NCc3ccncc3)cc2)nnc1-c1ccco1. The van der Waals surface area contributed by atoms with Gasteiger partial charge in [0.2, 0.25) is 5.82 Å². The summed E-state index contributed by atoms with van der Waals surface area (Å²) in [6, 6.07) is 22.7. The van der Waals surface area contributed by atoms with E-state index in [4.69, 9.17) is 9.15 Å². The number of amides is 1. The Balaban J connectivity index is 1.31. The van der Waals surface area contributed by atoms with E-state index in [2.05, 4.69) is 20.5 Å². The summed E-state index contributed by atoms with van der Waals surface area (Å²) >= 11 is 1.54. The van der Waals surface area contributed by atoms with E-state index >= 15 is 0 Å². The largest absolute Gasteiger partial charge is 0.495 e. The fourth-order valence-electron chi connectivity index (χ4n) is 3.65. The number of carbonyl (C=O) groups excluding carboxylic acids is 1. The minimum absolute atomic E-state index is 0.120. The number of benzene rings is 2. The maximum atomic E-state index is 12.5. The minimum atomic E-state index is -0.120. The standard InChI is InChI=1S/C27H23N5O3S/c1-34-23-6-3-2-5-22(23)32-25(24-7-4-16-35-24)30-31-27(32)36-18-20-8-10-21(11-9-20)26(33)29-17-19-12-14-28-15-13-19/h2-16H,17-18H2,1H3,(H,29,33). The number of pyridine rings is 1. The van der Waals surface area contributed by atoms with Crippen molar-refractivity contribution in [2.24, 2.45) is 0 Å².